The lowest BCUT2D eigenvalue weighted by Gasteiger charge is -2.20. The minimum atomic E-state index is -0.230. The van der Waals surface area contributed by atoms with Crippen LogP contribution in [-0.4, -0.2) is 37.9 Å². The average molecular weight is 221 g/mol. The van der Waals surface area contributed by atoms with Crippen molar-refractivity contribution in [2.75, 3.05) is 27.0 Å². The van der Waals surface area contributed by atoms with Crippen LogP contribution in [0.1, 0.15) is 11.6 Å². The fraction of sp³-hybridized carbons (Fsp3) is 0.417. The lowest BCUT2D eigenvalue weighted by molar-refractivity contribution is -0.142. The van der Waals surface area contributed by atoms with E-state index in [4.69, 9.17) is 4.74 Å². The molecule has 4 nitrogen and oxygen atoms in total. The average Bonchev–Trinajstić information content (AvgIpc) is 2.78. The van der Waals surface area contributed by atoms with Crippen LogP contribution in [0.15, 0.2) is 30.3 Å². The van der Waals surface area contributed by atoms with Crippen molar-refractivity contribution in [3.05, 3.63) is 35.9 Å². The smallest absolute Gasteiger partial charge is 0.319 e. The number of rotatable bonds is 3. The SMILES string of the molecule is COC(=O)CN1COC[C@@H]1c1ccccc1. The van der Waals surface area contributed by atoms with Crippen LogP contribution >= 0.6 is 0 Å². The van der Waals surface area contributed by atoms with Gasteiger partial charge in [0, 0.05) is 0 Å². The second kappa shape index (κ2) is 5.09. The molecule has 2 rings (SSSR count). The molecule has 0 spiro atoms. The highest BCUT2D eigenvalue weighted by molar-refractivity contribution is 5.71. The first-order valence-corrected chi connectivity index (χ1v) is 5.25. The largest absolute Gasteiger partial charge is 0.468 e. The van der Waals surface area contributed by atoms with Crippen molar-refractivity contribution in [2.45, 2.75) is 6.04 Å². The Morgan fingerprint density at radius 1 is 1.50 bits per heavy atom. The molecular formula is C12H15NO3. The molecule has 1 fully saturated rings. The molecule has 4 heteroatoms. The van der Waals surface area contributed by atoms with Crippen molar-refractivity contribution >= 4 is 5.97 Å². The predicted octanol–water partition coefficient (Wildman–Crippen LogP) is 1.19. The number of hydrogen-bond donors (Lipinski definition) is 0. The molecule has 0 aliphatic carbocycles. The topological polar surface area (TPSA) is 38.8 Å². The van der Waals surface area contributed by atoms with Gasteiger partial charge in [0.1, 0.15) is 6.73 Å². The number of esters is 1. The van der Waals surface area contributed by atoms with Gasteiger partial charge in [-0.15, -0.1) is 0 Å². The Morgan fingerprint density at radius 2 is 2.25 bits per heavy atom. The summed E-state index contributed by atoms with van der Waals surface area (Å²) >= 11 is 0. The van der Waals surface area contributed by atoms with Gasteiger partial charge in [-0.1, -0.05) is 30.3 Å². The van der Waals surface area contributed by atoms with Crippen LogP contribution in [0.2, 0.25) is 0 Å². The first-order valence-electron chi connectivity index (χ1n) is 5.25. The highest BCUT2D eigenvalue weighted by atomic mass is 16.5. The lowest BCUT2D eigenvalue weighted by atomic mass is 10.1. The number of ether oxygens (including phenoxy) is 2. The molecule has 1 aliphatic rings. The van der Waals surface area contributed by atoms with Gasteiger partial charge in [0.05, 0.1) is 26.3 Å². The number of hydrogen-bond acceptors (Lipinski definition) is 4. The summed E-state index contributed by atoms with van der Waals surface area (Å²) in [6.07, 6.45) is 0. The van der Waals surface area contributed by atoms with Crippen LogP contribution in [0.3, 0.4) is 0 Å². The van der Waals surface area contributed by atoms with Gasteiger partial charge in [0.25, 0.3) is 0 Å². The van der Waals surface area contributed by atoms with Gasteiger partial charge in [0.15, 0.2) is 0 Å². The molecular weight excluding hydrogens is 206 g/mol. The molecule has 0 N–H and O–H groups in total. The van der Waals surface area contributed by atoms with E-state index in [1.54, 1.807) is 0 Å². The van der Waals surface area contributed by atoms with Crippen LogP contribution in [-0.2, 0) is 14.3 Å². The zero-order valence-corrected chi connectivity index (χ0v) is 9.26. The van der Waals surface area contributed by atoms with Crippen molar-refractivity contribution in [3.63, 3.8) is 0 Å². The van der Waals surface area contributed by atoms with Crippen molar-refractivity contribution in [2.24, 2.45) is 0 Å². The normalized spacial score (nSPS) is 20.9. The van der Waals surface area contributed by atoms with Crippen LogP contribution in [0.4, 0.5) is 0 Å². The Hall–Kier alpha value is -1.39. The van der Waals surface area contributed by atoms with E-state index in [0.717, 1.165) is 0 Å². The van der Waals surface area contributed by atoms with E-state index in [1.807, 2.05) is 35.2 Å². The van der Waals surface area contributed by atoms with Gasteiger partial charge in [-0.2, -0.15) is 0 Å². The second-order valence-corrected chi connectivity index (χ2v) is 3.75. The van der Waals surface area contributed by atoms with Crippen LogP contribution < -0.4 is 0 Å². The first kappa shape index (κ1) is 11.1. The molecule has 1 atom stereocenters. The summed E-state index contributed by atoms with van der Waals surface area (Å²) in [6.45, 7) is 1.38. The third-order valence-corrected chi connectivity index (χ3v) is 2.72. The van der Waals surface area contributed by atoms with Crippen molar-refractivity contribution in [3.8, 4) is 0 Å². The molecule has 0 amide bonds. The van der Waals surface area contributed by atoms with E-state index in [-0.39, 0.29) is 18.6 Å². The fourth-order valence-corrected chi connectivity index (χ4v) is 1.85. The third-order valence-electron chi connectivity index (χ3n) is 2.72. The van der Waals surface area contributed by atoms with Crippen molar-refractivity contribution in [1.82, 2.24) is 4.90 Å². The summed E-state index contributed by atoms with van der Waals surface area (Å²) in [5.41, 5.74) is 1.17. The summed E-state index contributed by atoms with van der Waals surface area (Å²) < 4.78 is 10.0. The molecule has 0 aromatic heterocycles. The van der Waals surface area contributed by atoms with Crippen LogP contribution in [0.25, 0.3) is 0 Å². The minimum absolute atomic E-state index is 0.153. The van der Waals surface area contributed by atoms with E-state index in [9.17, 15) is 4.79 Å². The first-order chi connectivity index (χ1) is 7.81. The number of methoxy groups -OCH3 is 1. The zero-order chi connectivity index (χ0) is 11.4. The Morgan fingerprint density at radius 3 is 2.94 bits per heavy atom. The highest BCUT2D eigenvalue weighted by Gasteiger charge is 2.28. The fourth-order valence-electron chi connectivity index (χ4n) is 1.85. The number of benzene rings is 1. The Kier molecular flexibility index (Phi) is 3.54. The monoisotopic (exact) mass is 221 g/mol. The molecule has 0 saturated carbocycles. The molecule has 0 unspecified atom stereocenters. The van der Waals surface area contributed by atoms with Crippen molar-refractivity contribution < 1.29 is 14.3 Å². The molecule has 86 valence electrons. The maximum Gasteiger partial charge on any atom is 0.319 e. The number of nitrogens with zero attached hydrogens (tertiary/aromatic N) is 1. The van der Waals surface area contributed by atoms with Gasteiger partial charge < -0.3 is 9.47 Å². The Bertz CT molecular complexity index is 353. The van der Waals surface area contributed by atoms with E-state index >= 15 is 0 Å². The van der Waals surface area contributed by atoms with Gasteiger partial charge >= 0.3 is 5.97 Å². The maximum absolute atomic E-state index is 11.2. The van der Waals surface area contributed by atoms with E-state index in [1.165, 1.54) is 12.7 Å². The van der Waals surface area contributed by atoms with Crippen LogP contribution in [0.5, 0.6) is 0 Å². The summed E-state index contributed by atoms with van der Waals surface area (Å²) in [4.78, 5) is 13.2. The summed E-state index contributed by atoms with van der Waals surface area (Å²) in [7, 11) is 1.40. The van der Waals surface area contributed by atoms with Gasteiger partial charge in [-0.25, -0.2) is 0 Å². The summed E-state index contributed by atoms with van der Waals surface area (Å²) in [5, 5.41) is 0. The molecule has 16 heavy (non-hydrogen) atoms. The molecule has 1 heterocycles. The summed E-state index contributed by atoms with van der Waals surface area (Å²) in [6, 6.07) is 10.2. The van der Waals surface area contributed by atoms with Gasteiger partial charge in [0.2, 0.25) is 0 Å². The van der Waals surface area contributed by atoms with E-state index < -0.39 is 0 Å². The van der Waals surface area contributed by atoms with Crippen LogP contribution in [0, 0.1) is 0 Å². The Balaban J connectivity index is 2.06. The minimum Gasteiger partial charge on any atom is -0.468 e. The third kappa shape index (κ3) is 2.40. The molecule has 1 saturated heterocycles. The number of carbonyl (C=O) groups is 1. The molecule has 1 aromatic carbocycles. The predicted molar refractivity (Wildman–Crippen MR) is 58.7 cm³/mol. The number of carbonyl (C=O) groups excluding carboxylic acids is 1. The summed E-state index contributed by atoms with van der Waals surface area (Å²) in [5.74, 6) is -0.230. The second-order valence-electron chi connectivity index (χ2n) is 3.75. The van der Waals surface area contributed by atoms with E-state index in [2.05, 4.69) is 4.74 Å². The van der Waals surface area contributed by atoms with Gasteiger partial charge in [-0.05, 0) is 5.56 Å². The Labute approximate surface area is 94.8 Å². The molecule has 1 aromatic rings. The zero-order valence-electron chi connectivity index (χ0n) is 9.26. The molecule has 0 radical (unpaired) electrons. The standard InChI is InChI=1S/C12H15NO3/c1-15-12(14)7-13-9-16-8-11(13)10-5-3-2-4-6-10/h2-6,11H,7-9H2,1H3/t11-/m1/s1. The lowest BCUT2D eigenvalue weighted by Crippen LogP contribution is -2.30. The van der Waals surface area contributed by atoms with Gasteiger partial charge in [-0.3, -0.25) is 9.69 Å². The highest BCUT2D eigenvalue weighted by Crippen LogP contribution is 2.25. The van der Waals surface area contributed by atoms with Crippen molar-refractivity contribution in [1.29, 1.82) is 0 Å². The molecule has 0 bridgehead atoms. The maximum atomic E-state index is 11.2. The quantitative estimate of drug-likeness (QED) is 0.719. The van der Waals surface area contributed by atoms with E-state index in [0.29, 0.717) is 13.3 Å². The molecule has 1 aliphatic heterocycles.